The summed E-state index contributed by atoms with van der Waals surface area (Å²) >= 11 is 0. The summed E-state index contributed by atoms with van der Waals surface area (Å²) in [6.07, 6.45) is 9.21. The fraction of sp³-hybridized carbons (Fsp3) is 0.609. The molecule has 154 valence electrons. The van der Waals surface area contributed by atoms with Crippen molar-refractivity contribution >= 4 is 17.8 Å². The van der Waals surface area contributed by atoms with E-state index in [9.17, 15) is 14.4 Å². The van der Waals surface area contributed by atoms with Crippen molar-refractivity contribution in [1.29, 1.82) is 0 Å². The van der Waals surface area contributed by atoms with E-state index in [2.05, 4.69) is 5.32 Å². The Balaban J connectivity index is 1.37. The molecule has 1 aromatic rings. The van der Waals surface area contributed by atoms with Gasteiger partial charge in [-0.3, -0.25) is 14.5 Å². The smallest absolute Gasteiger partial charge is 0.325 e. The average molecular weight is 396 g/mol. The van der Waals surface area contributed by atoms with Crippen LogP contribution >= 0.6 is 0 Å². The number of urea groups is 1. The van der Waals surface area contributed by atoms with Crippen LogP contribution in [0.25, 0.3) is 0 Å². The Bertz CT molecular complexity index is 852. The molecule has 0 radical (unpaired) electrons. The van der Waals surface area contributed by atoms with Gasteiger partial charge >= 0.3 is 6.03 Å². The van der Waals surface area contributed by atoms with Gasteiger partial charge in [-0.15, -0.1) is 0 Å². The molecule has 4 aliphatic rings. The number of imide groups is 1. The fourth-order valence-corrected chi connectivity index (χ4v) is 6.12. The molecule has 2 aliphatic heterocycles. The summed E-state index contributed by atoms with van der Waals surface area (Å²) < 4.78 is 0. The molecular weight excluding hydrogens is 366 g/mol. The molecular formula is C23H29N3O3. The lowest BCUT2D eigenvalue weighted by atomic mass is 9.76. The van der Waals surface area contributed by atoms with E-state index in [1.165, 1.54) is 19.3 Å². The van der Waals surface area contributed by atoms with Crippen LogP contribution in [0.4, 0.5) is 4.79 Å². The summed E-state index contributed by atoms with van der Waals surface area (Å²) in [6, 6.07) is 7.70. The second-order valence-electron chi connectivity index (χ2n) is 9.08. The number of hydrogen-bond donors (Lipinski definition) is 1. The first-order chi connectivity index (χ1) is 14.1. The second kappa shape index (κ2) is 7.15. The van der Waals surface area contributed by atoms with Crippen LogP contribution in [0.1, 0.15) is 62.5 Å². The molecule has 2 aliphatic carbocycles. The third kappa shape index (κ3) is 2.95. The number of nitrogens with zero attached hydrogens (tertiary/aromatic N) is 2. The lowest BCUT2D eigenvalue weighted by Gasteiger charge is -2.44. The lowest BCUT2D eigenvalue weighted by molar-refractivity contribution is -0.143. The first kappa shape index (κ1) is 18.6. The van der Waals surface area contributed by atoms with Gasteiger partial charge in [-0.1, -0.05) is 37.1 Å². The van der Waals surface area contributed by atoms with E-state index in [4.69, 9.17) is 0 Å². The first-order valence-electron chi connectivity index (χ1n) is 11.1. The van der Waals surface area contributed by atoms with Crippen LogP contribution in [-0.2, 0) is 21.5 Å². The number of nitrogens with one attached hydrogen (secondary N) is 1. The summed E-state index contributed by atoms with van der Waals surface area (Å²) in [7, 11) is 0. The molecule has 1 N–H and O–H groups in total. The number of benzene rings is 1. The average Bonchev–Trinajstić information content (AvgIpc) is 2.98. The standard InChI is InChI=1S/C23H29N3O3/c27-20(25-14-6-10-17-8-2-4-12-19(17)25)15-26-21(28)23(24-22(26)29)13-5-9-16-7-1-3-11-18(16)23/h1,3,7,11,17,19H,2,4-6,8-10,12-15H2,(H,24,29)/t17-,19+,23+/m1/s1. The number of rotatable bonds is 2. The predicted octanol–water partition coefficient (Wildman–Crippen LogP) is 2.95. The Kier molecular flexibility index (Phi) is 4.60. The van der Waals surface area contributed by atoms with Gasteiger partial charge < -0.3 is 10.2 Å². The highest BCUT2D eigenvalue weighted by Crippen LogP contribution is 2.40. The molecule has 4 amide bonds. The number of carbonyl (C=O) groups is 3. The quantitative estimate of drug-likeness (QED) is 0.783. The number of likely N-dealkylation sites (tertiary alicyclic amines) is 1. The maximum absolute atomic E-state index is 13.4. The zero-order valence-corrected chi connectivity index (χ0v) is 16.9. The van der Waals surface area contributed by atoms with Crippen molar-refractivity contribution in [2.45, 2.75) is 69.4 Å². The minimum Gasteiger partial charge on any atom is -0.338 e. The van der Waals surface area contributed by atoms with Crippen LogP contribution in [0.3, 0.4) is 0 Å². The van der Waals surface area contributed by atoms with E-state index in [0.717, 1.165) is 54.7 Å². The summed E-state index contributed by atoms with van der Waals surface area (Å²) in [5.74, 6) is 0.243. The highest BCUT2D eigenvalue weighted by atomic mass is 16.2. The number of amides is 4. The topological polar surface area (TPSA) is 69.7 Å². The molecule has 5 rings (SSSR count). The van der Waals surface area contributed by atoms with Crippen LogP contribution in [0, 0.1) is 5.92 Å². The van der Waals surface area contributed by atoms with E-state index in [-0.39, 0.29) is 24.4 Å². The van der Waals surface area contributed by atoms with Crippen LogP contribution in [0.5, 0.6) is 0 Å². The van der Waals surface area contributed by atoms with Gasteiger partial charge in [0.05, 0.1) is 0 Å². The van der Waals surface area contributed by atoms with E-state index in [1.54, 1.807) is 0 Å². The van der Waals surface area contributed by atoms with Crippen molar-refractivity contribution in [3.05, 3.63) is 35.4 Å². The normalized spacial score (nSPS) is 31.4. The lowest BCUT2D eigenvalue weighted by Crippen LogP contribution is -2.53. The van der Waals surface area contributed by atoms with Gasteiger partial charge in [-0.2, -0.15) is 0 Å². The van der Waals surface area contributed by atoms with Gasteiger partial charge in [0.15, 0.2) is 0 Å². The van der Waals surface area contributed by atoms with Crippen LogP contribution in [0.15, 0.2) is 24.3 Å². The maximum atomic E-state index is 13.4. The summed E-state index contributed by atoms with van der Waals surface area (Å²) in [4.78, 5) is 42.5. The summed E-state index contributed by atoms with van der Waals surface area (Å²) in [5.41, 5.74) is 1.01. The Labute approximate surface area is 171 Å². The molecule has 6 heteroatoms. The summed E-state index contributed by atoms with van der Waals surface area (Å²) in [5, 5.41) is 2.96. The van der Waals surface area contributed by atoms with Crippen molar-refractivity contribution in [3.63, 3.8) is 0 Å². The van der Waals surface area contributed by atoms with Crippen molar-refractivity contribution < 1.29 is 14.4 Å². The van der Waals surface area contributed by atoms with Gasteiger partial charge in [0, 0.05) is 12.6 Å². The Morgan fingerprint density at radius 3 is 2.76 bits per heavy atom. The molecule has 6 nitrogen and oxygen atoms in total. The van der Waals surface area contributed by atoms with Crippen LogP contribution < -0.4 is 5.32 Å². The second-order valence-corrected chi connectivity index (χ2v) is 9.08. The SMILES string of the molecule is O=C1N[C@]2(CCCc3ccccc32)C(=O)N1CC(=O)N1CCC[C@H]2CCCC[C@@H]21. The Morgan fingerprint density at radius 2 is 1.86 bits per heavy atom. The van der Waals surface area contributed by atoms with Gasteiger partial charge in [-0.05, 0) is 62.0 Å². The fourth-order valence-electron chi connectivity index (χ4n) is 6.12. The first-order valence-corrected chi connectivity index (χ1v) is 11.1. The molecule has 3 fully saturated rings. The number of fused-ring (bicyclic) bond motifs is 3. The van der Waals surface area contributed by atoms with Crippen molar-refractivity contribution in [3.8, 4) is 0 Å². The van der Waals surface area contributed by atoms with Crippen molar-refractivity contribution in [2.24, 2.45) is 5.92 Å². The van der Waals surface area contributed by atoms with E-state index >= 15 is 0 Å². The highest BCUT2D eigenvalue weighted by molar-refractivity contribution is 6.09. The summed E-state index contributed by atoms with van der Waals surface area (Å²) in [6.45, 7) is 0.607. The van der Waals surface area contributed by atoms with Gasteiger partial charge in [-0.25, -0.2) is 4.79 Å². The molecule has 2 saturated heterocycles. The molecule has 0 bridgehead atoms. The molecule has 2 heterocycles. The van der Waals surface area contributed by atoms with Crippen LogP contribution in [0.2, 0.25) is 0 Å². The molecule has 0 aromatic heterocycles. The Morgan fingerprint density at radius 1 is 1.07 bits per heavy atom. The third-order valence-electron chi connectivity index (χ3n) is 7.51. The zero-order chi connectivity index (χ0) is 20.0. The molecule has 1 saturated carbocycles. The van der Waals surface area contributed by atoms with Gasteiger partial charge in [0.25, 0.3) is 5.91 Å². The third-order valence-corrected chi connectivity index (χ3v) is 7.51. The zero-order valence-electron chi connectivity index (χ0n) is 16.9. The van der Waals surface area contributed by atoms with E-state index < -0.39 is 11.6 Å². The number of piperidine rings is 1. The minimum absolute atomic E-state index is 0.0776. The van der Waals surface area contributed by atoms with Crippen molar-refractivity contribution in [2.75, 3.05) is 13.1 Å². The molecule has 3 atom stereocenters. The van der Waals surface area contributed by atoms with Gasteiger partial charge in [0.2, 0.25) is 5.91 Å². The largest absolute Gasteiger partial charge is 0.338 e. The van der Waals surface area contributed by atoms with Gasteiger partial charge in [0.1, 0.15) is 12.1 Å². The molecule has 29 heavy (non-hydrogen) atoms. The number of aryl methyl sites for hydroxylation is 1. The van der Waals surface area contributed by atoms with Crippen molar-refractivity contribution in [1.82, 2.24) is 15.1 Å². The monoisotopic (exact) mass is 395 g/mol. The maximum Gasteiger partial charge on any atom is 0.325 e. The molecule has 1 spiro atoms. The van der Waals surface area contributed by atoms with E-state index in [0.29, 0.717) is 12.3 Å². The Hall–Kier alpha value is -2.37. The highest BCUT2D eigenvalue weighted by Gasteiger charge is 2.54. The minimum atomic E-state index is -0.999. The molecule has 1 aromatic carbocycles. The number of carbonyl (C=O) groups excluding carboxylic acids is 3. The van der Waals surface area contributed by atoms with Crippen LogP contribution in [-0.4, -0.2) is 46.8 Å². The predicted molar refractivity (Wildman–Crippen MR) is 108 cm³/mol. The number of hydrogen-bond acceptors (Lipinski definition) is 3. The van der Waals surface area contributed by atoms with E-state index in [1.807, 2.05) is 29.2 Å². The molecule has 0 unspecified atom stereocenters.